The second kappa shape index (κ2) is 18.1. The molecule has 6 bridgehead atoms. The SMILES string of the molecule is CCn1c(-c2cccnc2[C@H](C)OC)c2c3cc(ccc31)-c1cc(cc(S(C)(=O)=O)c1)C[C@H](NC(=O)C(C(C)C)N(C)C(C)=O)C(=O)N1CCC[C@H](N1)C(=O)OCC(C)(C)C2. The van der Waals surface area contributed by atoms with Crippen molar-refractivity contribution in [3.63, 3.8) is 0 Å². The van der Waals surface area contributed by atoms with Gasteiger partial charge >= 0.3 is 5.97 Å². The maximum atomic E-state index is 14.6. The van der Waals surface area contributed by atoms with Gasteiger partial charge in [0, 0.05) is 74.9 Å². The number of esters is 1. The Labute approximate surface area is 359 Å². The van der Waals surface area contributed by atoms with Gasteiger partial charge in [-0.25, -0.2) is 13.8 Å². The molecular weight excluding hydrogens is 797 g/mol. The van der Waals surface area contributed by atoms with Crippen LogP contribution in [0.3, 0.4) is 0 Å². The Bertz CT molecular complexity index is 2440. The number of rotatable bonds is 9. The van der Waals surface area contributed by atoms with Crippen LogP contribution in [0, 0.1) is 11.3 Å². The van der Waals surface area contributed by atoms with Crippen molar-refractivity contribution in [2.45, 2.75) is 110 Å². The number of likely N-dealkylation sites (N-methyl/N-ethyl adjacent to an activating group) is 1. The van der Waals surface area contributed by atoms with Crippen molar-refractivity contribution in [3.8, 4) is 22.4 Å². The van der Waals surface area contributed by atoms with Crippen molar-refractivity contribution in [2.75, 3.05) is 33.6 Å². The number of aryl methyl sites for hydroxylation is 1. The summed E-state index contributed by atoms with van der Waals surface area (Å²) in [5.74, 6) is -2.15. The van der Waals surface area contributed by atoms with Crippen molar-refractivity contribution in [2.24, 2.45) is 11.3 Å². The van der Waals surface area contributed by atoms with Crippen LogP contribution >= 0.6 is 0 Å². The Morgan fingerprint density at radius 2 is 1.84 bits per heavy atom. The molecule has 0 spiro atoms. The lowest BCUT2D eigenvalue weighted by atomic mass is 9.84. The fourth-order valence-corrected chi connectivity index (χ4v) is 9.35. The minimum atomic E-state index is -3.76. The molecule has 2 aromatic carbocycles. The fourth-order valence-electron chi connectivity index (χ4n) is 8.65. The van der Waals surface area contributed by atoms with Crippen molar-refractivity contribution >= 4 is 44.4 Å². The molecule has 3 amide bonds. The molecule has 14 nitrogen and oxygen atoms in total. The van der Waals surface area contributed by atoms with E-state index in [2.05, 4.69) is 48.2 Å². The minimum Gasteiger partial charge on any atom is -0.464 e. The Hall–Kier alpha value is -5.12. The highest BCUT2D eigenvalue weighted by Gasteiger charge is 2.37. The van der Waals surface area contributed by atoms with Crippen molar-refractivity contribution < 1.29 is 37.1 Å². The lowest BCUT2D eigenvalue weighted by molar-refractivity contribution is -0.155. The number of benzene rings is 2. The van der Waals surface area contributed by atoms with E-state index in [9.17, 15) is 27.6 Å². The molecule has 6 rings (SSSR count). The molecule has 1 unspecified atom stereocenters. The van der Waals surface area contributed by atoms with Crippen LogP contribution in [0.25, 0.3) is 33.3 Å². The summed E-state index contributed by atoms with van der Waals surface area (Å²) in [5.41, 5.74) is 9.02. The van der Waals surface area contributed by atoms with E-state index in [1.54, 1.807) is 26.4 Å². The number of cyclic esters (lactones) is 1. The maximum Gasteiger partial charge on any atom is 0.324 e. The first-order valence-corrected chi connectivity index (χ1v) is 22.9. The zero-order valence-electron chi connectivity index (χ0n) is 37.0. The van der Waals surface area contributed by atoms with Gasteiger partial charge in [0.05, 0.1) is 29.0 Å². The number of aromatic nitrogens is 2. The summed E-state index contributed by atoms with van der Waals surface area (Å²) in [4.78, 5) is 61.1. The van der Waals surface area contributed by atoms with Crippen LogP contribution in [0.4, 0.5) is 0 Å². The standard InChI is InChI=1S/C46H60N6O8S/c1-11-51-39-17-16-31-24-35(39)36(42(51)34-14-12-18-47-40(34)28(4)59-9)25-46(6,7)26-60-45(56)37-15-13-19-52(49-37)44(55)38(48-43(54)41(27(2)3)50(8)29(5)53)22-30-20-32(31)23-33(21-30)61(10,57)58/h12,14,16-18,20-21,23-24,27-28,37-38,41,49H,11,13,15,19,22,25-26H2,1-10H3,(H,48,54)/t28-,37-,38-,41?/m0/s1. The maximum absolute atomic E-state index is 14.6. The Morgan fingerprint density at radius 3 is 2.49 bits per heavy atom. The first kappa shape index (κ1) is 45.4. The van der Waals surface area contributed by atoms with Crippen LogP contribution in [-0.4, -0.2) is 103 Å². The average Bonchev–Trinajstić information content (AvgIpc) is 3.52. The third kappa shape index (κ3) is 9.68. The molecule has 2 aromatic heterocycles. The van der Waals surface area contributed by atoms with Gasteiger partial charge in [-0.15, -0.1) is 0 Å². The summed E-state index contributed by atoms with van der Waals surface area (Å²) in [6, 6.07) is 12.2. The van der Waals surface area contributed by atoms with Crippen LogP contribution in [0.5, 0.6) is 0 Å². The molecule has 2 N–H and O–H groups in total. The highest BCUT2D eigenvalue weighted by Crippen LogP contribution is 2.42. The second-order valence-corrected chi connectivity index (χ2v) is 19.6. The molecule has 1 saturated heterocycles. The monoisotopic (exact) mass is 856 g/mol. The number of fused-ring (bicyclic) bond motifs is 6. The highest BCUT2D eigenvalue weighted by atomic mass is 32.2. The first-order chi connectivity index (χ1) is 28.7. The van der Waals surface area contributed by atoms with E-state index < -0.39 is 51.2 Å². The number of pyridine rings is 1. The fraction of sp³-hybridized carbons (Fsp3) is 0.500. The number of carbonyl (C=O) groups excluding carboxylic acids is 4. The summed E-state index contributed by atoms with van der Waals surface area (Å²) < 4.78 is 40.8. The van der Waals surface area contributed by atoms with E-state index in [4.69, 9.17) is 14.5 Å². The molecule has 2 aliphatic heterocycles. The normalized spacial score (nSPS) is 19.6. The largest absolute Gasteiger partial charge is 0.464 e. The zero-order chi connectivity index (χ0) is 44.6. The second-order valence-electron chi connectivity index (χ2n) is 17.6. The van der Waals surface area contributed by atoms with Gasteiger partial charge < -0.3 is 24.3 Å². The number of ether oxygens (including phenoxy) is 2. The number of amides is 3. The number of hydrogen-bond acceptors (Lipinski definition) is 10. The van der Waals surface area contributed by atoms with E-state index >= 15 is 0 Å². The summed E-state index contributed by atoms with van der Waals surface area (Å²) >= 11 is 0. The van der Waals surface area contributed by atoms with E-state index in [0.717, 1.165) is 45.2 Å². The summed E-state index contributed by atoms with van der Waals surface area (Å²) in [6.45, 7) is 14.1. The third-order valence-corrected chi connectivity index (χ3v) is 13.0. The molecule has 2 aliphatic rings. The molecule has 4 atom stereocenters. The smallest absolute Gasteiger partial charge is 0.324 e. The van der Waals surface area contributed by atoms with Gasteiger partial charge in [0.2, 0.25) is 11.8 Å². The lowest BCUT2D eigenvalue weighted by Crippen LogP contribution is -2.62. The number of methoxy groups -OCH3 is 1. The third-order valence-electron chi connectivity index (χ3n) is 11.9. The van der Waals surface area contributed by atoms with Crippen molar-refractivity contribution in [3.05, 3.63) is 71.5 Å². The van der Waals surface area contributed by atoms with Crippen LogP contribution in [0.2, 0.25) is 0 Å². The highest BCUT2D eigenvalue weighted by molar-refractivity contribution is 7.90. The van der Waals surface area contributed by atoms with E-state index in [-0.39, 0.29) is 42.4 Å². The number of sulfone groups is 1. The van der Waals surface area contributed by atoms with Crippen LogP contribution in [0.1, 0.15) is 84.2 Å². The van der Waals surface area contributed by atoms with E-state index in [0.29, 0.717) is 36.9 Å². The Balaban J connectivity index is 1.59. The number of nitrogens with zero attached hydrogens (tertiary/aromatic N) is 4. The number of nitrogens with one attached hydrogen (secondary N) is 2. The summed E-state index contributed by atoms with van der Waals surface area (Å²) in [5, 5.41) is 5.21. The molecule has 4 heterocycles. The van der Waals surface area contributed by atoms with Gasteiger partial charge in [-0.05, 0) is 97.7 Å². The first-order valence-electron chi connectivity index (χ1n) is 21.0. The van der Waals surface area contributed by atoms with E-state index in [1.165, 1.54) is 22.9 Å². The average molecular weight is 857 g/mol. The predicted octanol–water partition coefficient (Wildman–Crippen LogP) is 5.65. The van der Waals surface area contributed by atoms with E-state index in [1.807, 2.05) is 45.0 Å². The Morgan fingerprint density at radius 1 is 1.10 bits per heavy atom. The molecule has 15 heteroatoms. The Kier molecular flexibility index (Phi) is 13.5. The molecule has 0 radical (unpaired) electrons. The predicted molar refractivity (Wildman–Crippen MR) is 234 cm³/mol. The van der Waals surface area contributed by atoms with Crippen molar-refractivity contribution in [1.29, 1.82) is 0 Å². The van der Waals surface area contributed by atoms with Gasteiger partial charge in [-0.2, -0.15) is 0 Å². The molecule has 1 fully saturated rings. The van der Waals surface area contributed by atoms with Gasteiger partial charge in [-0.3, -0.25) is 29.2 Å². The molecule has 4 aromatic rings. The number of hydrazine groups is 1. The van der Waals surface area contributed by atoms with Crippen LogP contribution < -0.4 is 10.7 Å². The van der Waals surface area contributed by atoms with Crippen molar-refractivity contribution in [1.82, 2.24) is 30.2 Å². The van der Waals surface area contributed by atoms with Crippen LogP contribution in [-0.2, 0) is 57.9 Å². The van der Waals surface area contributed by atoms with Gasteiger partial charge in [0.15, 0.2) is 9.84 Å². The summed E-state index contributed by atoms with van der Waals surface area (Å²) in [6.07, 6.45) is 3.94. The lowest BCUT2D eigenvalue weighted by Gasteiger charge is -2.36. The number of carbonyl (C=O) groups is 4. The topological polar surface area (TPSA) is 169 Å². The number of hydrogen-bond donors (Lipinski definition) is 2. The molecule has 328 valence electrons. The van der Waals surface area contributed by atoms with Gasteiger partial charge in [-0.1, -0.05) is 39.8 Å². The van der Waals surface area contributed by atoms with Gasteiger partial charge in [0.25, 0.3) is 5.91 Å². The molecule has 0 aliphatic carbocycles. The minimum absolute atomic E-state index is 0.0593. The molecule has 61 heavy (non-hydrogen) atoms. The summed E-state index contributed by atoms with van der Waals surface area (Å²) in [7, 11) is -0.559. The molecular formula is C46H60N6O8S. The zero-order valence-corrected chi connectivity index (χ0v) is 37.8. The molecule has 0 saturated carbocycles. The quantitative estimate of drug-likeness (QED) is 0.201. The van der Waals surface area contributed by atoms with Gasteiger partial charge in [0.1, 0.15) is 18.1 Å². The van der Waals surface area contributed by atoms with Crippen LogP contribution in [0.15, 0.2) is 59.6 Å².